The molecule has 3 rings (SSSR count). The zero-order valence-corrected chi connectivity index (χ0v) is 12.2. The van der Waals surface area contributed by atoms with E-state index >= 15 is 0 Å². The summed E-state index contributed by atoms with van der Waals surface area (Å²) in [7, 11) is 1.36. The molecule has 5 nitrogen and oxygen atoms in total. The third-order valence-electron chi connectivity index (χ3n) is 3.87. The van der Waals surface area contributed by atoms with Gasteiger partial charge in [-0.2, -0.15) is 0 Å². The van der Waals surface area contributed by atoms with E-state index < -0.39 is 0 Å². The van der Waals surface area contributed by atoms with E-state index in [9.17, 15) is 9.59 Å². The van der Waals surface area contributed by atoms with Crippen molar-refractivity contribution in [3.63, 3.8) is 0 Å². The molecule has 1 amide bonds. The van der Waals surface area contributed by atoms with Crippen LogP contribution in [0.5, 0.6) is 0 Å². The van der Waals surface area contributed by atoms with Crippen molar-refractivity contribution in [2.45, 2.75) is 38.1 Å². The van der Waals surface area contributed by atoms with E-state index in [0.717, 1.165) is 36.1 Å². The Labute approximate surface area is 121 Å². The maximum Gasteiger partial charge on any atom is 0.341 e. The van der Waals surface area contributed by atoms with Gasteiger partial charge in [0.15, 0.2) is 0 Å². The quantitative estimate of drug-likeness (QED) is 0.831. The summed E-state index contributed by atoms with van der Waals surface area (Å²) >= 11 is 1.49. The van der Waals surface area contributed by atoms with E-state index in [4.69, 9.17) is 10.5 Å². The summed E-state index contributed by atoms with van der Waals surface area (Å²) in [5.74, 6) is -0.261. The minimum absolute atomic E-state index is 0.0121. The summed E-state index contributed by atoms with van der Waals surface area (Å²) in [4.78, 5) is 25.1. The number of carbonyl (C=O) groups is 2. The number of nitrogens with one attached hydrogen (secondary N) is 1. The lowest BCUT2D eigenvalue weighted by atomic mass is 9.92. The number of rotatable bonds is 3. The fourth-order valence-corrected chi connectivity index (χ4v) is 3.81. The Morgan fingerprint density at radius 1 is 1.35 bits per heavy atom. The molecule has 1 atom stereocenters. The number of fused-ring (bicyclic) bond motifs is 1. The van der Waals surface area contributed by atoms with Crippen molar-refractivity contribution < 1.29 is 14.3 Å². The number of anilines is 1. The van der Waals surface area contributed by atoms with Gasteiger partial charge in [-0.15, -0.1) is 11.3 Å². The molecule has 0 saturated heterocycles. The molecular formula is C14H18N2O3S. The minimum Gasteiger partial charge on any atom is -0.465 e. The summed E-state index contributed by atoms with van der Waals surface area (Å²) in [5.41, 5.74) is 7.47. The monoisotopic (exact) mass is 294 g/mol. The Hall–Kier alpha value is -1.40. The maximum absolute atomic E-state index is 12.0. The lowest BCUT2D eigenvalue weighted by Crippen LogP contribution is -2.28. The smallest absolute Gasteiger partial charge is 0.341 e. The van der Waals surface area contributed by atoms with E-state index in [2.05, 4.69) is 5.32 Å². The van der Waals surface area contributed by atoms with Crippen LogP contribution in [-0.4, -0.2) is 25.0 Å². The third-order valence-corrected chi connectivity index (χ3v) is 5.08. The van der Waals surface area contributed by atoms with Crippen molar-refractivity contribution in [2.75, 3.05) is 12.4 Å². The van der Waals surface area contributed by atoms with E-state index in [1.807, 2.05) is 0 Å². The fraction of sp³-hybridized carbons (Fsp3) is 0.571. The van der Waals surface area contributed by atoms with Crippen molar-refractivity contribution in [3.8, 4) is 0 Å². The number of hydrogen-bond acceptors (Lipinski definition) is 5. The predicted octanol–water partition coefficient (Wildman–Crippen LogP) is 1.70. The number of nitrogens with two attached hydrogens (primary N) is 1. The summed E-state index contributed by atoms with van der Waals surface area (Å²) in [5, 5.41) is 3.53. The number of methoxy groups -OCH3 is 1. The Kier molecular flexibility index (Phi) is 3.52. The van der Waals surface area contributed by atoms with Gasteiger partial charge >= 0.3 is 5.97 Å². The van der Waals surface area contributed by atoms with Gasteiger partial charge in [-0.25, -0.2) is 4.79 Å². The number of thiophene rings is 1. The molecule has 1 saturated carbocycles. The normalized spacial score (nSPS) is 21.2. The standard InChI is InChI=1S/C14H18N2O3S/c1-19-14(18)11-9-6-8(15)4-5-10(9)20-13(11)16-12(17)7-2-3-7/h7-8H,2-6,15H2,1H3,(H,16,17). The highest BCUT2D eigenvalue weighted by Crippen LogP contribution is 2.39. The average Bonchev–Trinajstić information content (AvgIpc) is 3.21. The van der Waals surface area contributed by atoms with E-state index in [-0.39, 0.29) is 23.8 Å². The van der Waals surface area contributed by atoms with Gasteiger partial charge in [0.05, 0.1) is 12.7 Å². The van der Waals surface area contributed by atoms with Gasteiger partial charge in [0.2, 0.25) is 5.91 Å². The summed E-state index contributed by atoms with van der Waals surface area (Å²) in [6.45, 7) is 0. The van der Waals surface area contributed by atoms with Gasteiger partial charge in [-0.1, -0.05) is 0 Å². The lowest BCUT2D eigenvalue weighted by Gasteiger charge is -2.18. The van der Waals surface area contributed by atoms with Crippen molar-refractivity contribution in [2.24, 2.45) is 11.7 Å². The Balaban J connectivity index is 1.95. The average molecular weight is 294 g/mol. The van der Waals surface area contributed by atoms with Crippen LogP contribution in [0, 0.1) is 5.92 Å². The second-order valence-corrected chi connectivity index (χ2v) is 6.57. The molecule has 6 heteroatoms. The van der Waals surface area contributed by atoms with Crippen LogP contribution in [0.3, 0.4) is 0 Å². The van der Waals surface area contributed by atoms with Crippen LogP contribution in [0.2, 0.25) is 0 Å². The second-order valence-electron chi connectivity index (χ2n) is 5.47. The first kappa shape index (κ1) is 13.6. The van der Waals surface area contributed by atoms with Crippen molar-refractivity contribution in [1.82, 2.24) is 0 Å². The zero-order chi connectivity index (χ0) is 14.3. The zero-order valence-electron chi connectivity index (χ0n) is 11.4. The van der Waals surface area contributed by atoms with E-state index in [0.29, 0.717) is 17.0 Å². The van der Waals surface area contributed by atoms with Crippen LogP contribution in [0.4, 0.5) is 5.00 Å². The van der Waals surface area contributed by atoms with Crippen LogP contribution >= 0.6 is 11.3 Å². The first-order valence-corrected chi connectivity index (χ1v) is 7.71. The SMILES string of the molecule is COC(=O)c1c(NC(=O)C2CC2)sc2c1CC(N)CC2. The Morgan fingerprint density at radius 3 is 2.75 bits per heavy atom. The highest BCUT2D eigenvalue weighted by atomic mass is 32.1. The van der Waals surface area contributed by atoms with Crippen LogP contribution in [0.15, 0.2) is 0 Å². The van der Waals surface area contributed by atoms with Crippen LogP contribution in [0.25, 0.3) is 0 Å². The number of ether oxygens (including phenoxy) is 1. The molecule has 108 valence electrons. The van der Waals surface area contributed by atoms with Gasteiger partial charge in [0.1, 0.15) is 5.00 Å². The van der Waals surface area contributed by atoms with Gasteiger partial charge < -0.3 is 15.8 Å². The lowest BCUT2D eigenvalue weighted by molar-refractivity contribution is -0.117. The summed E-state index contributed by atoms with van der Waals surface area (Å²) in [6.07, 6.45) is 4.34. The number of hydrogen-bond donors (Lipinski definition) is 2. The molecule has 1 heterocycles. The second kappa shape index (κ2) is 5.18. The highest BCUT2D eigenvalue weighted by molar-refractivity contribution is 7.17. The number of carbonyl (C=O) groups excluding carboxylic acids is 2. The molecule has 1 fully saturated rings. The third kappa shape index (κ3) is 2.45. The fourth-order valence-electron chi connectivity index (χ4n) is 2.58. The van der Waals surface area contributed by atoms with Gasteiger partial charge in [-0.3, -0.25) is 4.79 Å². The molecule has 2 aliphatic rings. The van der Waals surface area contributed by atoms with Crippen LogP contribution in [0.1, 0.15) is 40.1 Å². The largest absolute Gasteiger partial charge is 0.465 e. The first-order valence-electron chi connectivity index (χ1n) is 6.89. The molecule has 0 spiro atoms. The molecule has 1 aromatic heterocycles. The molecular weight excluding hydrogens is 276 g/mol. The predicted molar refractivity (Wildman–Crippen MR) is 77.0 cm³/mol. The maximum atomic E-state index is 12.0. The van der Waals surface area contributed by atoms with Crippen molar-refractivity contribution in [3.05, 3.63) is 16.0 Å². The van der Waals surface area contributed by atoms with E-state index in [1.165, 1.54) is 18.4 Å². The summed E-state index contributed by atoms with van der Waals surface area (Å²) in [6, 6.07) is 0.0764. The number of aryl methyl sites for hydroxylation is 1. The van der Waals surface area contributed by atoms with Gasteiger partial charge in [0, 0.05) is 16.8 Å². The molecule has 0 bridgehead atoms. The van der Waals surface area contributed by atoms with Crippen LogP contribution < -0.4 is 11.1 Å². The summed E-state index contributed by atoms with van der Waals surface area (Å²) < 4.78 is 4.87. The molecule has 1 unspecified atom stereocenters. The molecule has 0 aromatic carbocycles. The van der Waals surface area contributed by atoms with Gasteiger partial charge in [0.25, 0.3) is 0 Å². The molecule has 0 radical (unpaired) electrons. The number of amides is 1. The highest BCUT2D eigenvalue weighted by Gasteiger charge is 2.33. The van der Waals surface area contributed by atoms with E-state index in [1.54, 1.807) is 0 Å². The molecule has 1 aromatic rings. The minimum atomic E-state index is -0.386. The van der Waals surface area contributed by atoms with Crippen molar-refractivity contribution >= 4 is 28.2 Å². The molecule has 3 N–H and O–H groups in total. The Morgan fingerprint density at radius 2 is 2.10 bits per heavy atom. The Bertz CT molecular complexity index is 563. The number of esters is 1. The van der Waals surface area contributed by atoms with Crippen LogP contribution in [-0.2, 0) is 22.4 Å². The molecule has 0 aliphatic heterocycles. The van der Waals surface area contributed by atoms with Gasteiger partial charge in [-0.05, 0) is 37.7 Å². The van der Waals surface area contributed by atoms with Crippen molar-refractivity contribution in [1.29, 1.82) is 0 Å². The molecule has 20 heavy (non-hydrogen) atoms. The molecule has 2 aliphatic carbocycles. The first-order chi connectivity index (χ1) is 9.60. The topological polar surface area (TPSA) is 81.4 Å².